The molecule has 0 aliphatic carbocycles. The highest BCUT2D eigenvalue weighted by Crippen LogP contribution is 2.34. The normalized spacial score (nSPS) is 16.6. The van der Waals surface area contributed by atoms with Gasteiger partial charge in [0.15, 0.2) is 5.78 Å². The van der Waals surface area contributed by atoms with Gasteiger partial charge >= 0.3 is 0 Å². The van der Waals surface area contributed by atoms with Crippen molar-refractivity contribution in [2.75, 3.05) is 5.73 Å². The third-order valence-corrected chi connectivity index (χ3v) is 4.52. The second-order valence-corrected chi connectivity index (χ2v) is 7.24. The van der Waals surface area contributed by atoms with Crippen molar-refractivity contribution < 1.29 is 4.79 Å². The Kier molecular flexibility index (Phi) is 4.28. The van der Waals surface area contributed by atoms with Crippen molar-refractivity contribution >= 4 is 28.8 Å². The van der Waals surface area contributed by atoms with Crippen LogP contribution in [0.4, 0.5) is 5.69 Å². The molecule has 3 N–H and O–H groups in total. The Labute approximate surface area is 151 Å². The molecule has 2 aromatic carbocycles. The molecule has 3 rings (SSSR count). The van der Waals surface area contributed by atoms with Crippen LogP contribution in [0.5, 0.6) is 0 Å². The molecule has 0 aromatic heterocycles. The highest BCUT2D eigenvalue weighted by atomic mass is 35.5. The molecule has 0 fully saturated rings. The molecule has 0 saturated carbocycles. The van der Waals surface area contributed by atoms with Gasteiger partial charge in [-0.05, 0) is 62.2 Å². The quantitative estimate of drug-likeness (QED) is 0.488. The number of allylic oxidation sites excluding steroid dienone is 1. The summed E-state index contributed by atoms with van der Waals surface area (Å²) in [4.78, 5) is 12.6. The van der Waals surface area contributed by atoms with Crippen LogP contribution in [0.2, 0.25) is 5.02 Å². The molecule has 1 aliphatic rings. The number of anilines is 1. The number of fused-ring (bicyclic) bond motifs is 1. The van der Waals surface area contributed by atoms with Crippen LogP contribution in [0.3, 0.4) is 0 Å². The number of nitrogens with two attached hydrogens (primary N) is 1. The number of rotatable bonds is 2. The molecule has 0 amide bonds. The second kappa shape index (κ2) is 6.27. The second-order valence-electron chi connectivity index (χ2n) is 6.83. The number of nitrogens with zero attached hydrogens (tertiary/aromatic N) is 1. The zero-order valence-electron chi connectivity index (χ0n) is 14.1. The van der Waals surface area contributed by atoms with Crippen molar-refractivity contribution in [2.45, 2.75) is 25.8 Å². The van der Waals surface area contributed by atoms with E-state index in [1.807, 2.05) is 12.1 Å². The van der Waals surface area contributed by atoms with Gasteiger partial charge in [-0.2, -0.15) is 5.26 Å². The van der Waals surface area contributed by atoms with E-state index >= 15 is 0 Å². The van der Waals surface area contributed by atoms with Crippen molar-refractivity contribution in [2.24, 2.45) is 0 Å². The maximum absolute atomic E-state index is 12.6. The Morgan fingerprint density at radius 2 is 2.00 bits per heavy atom. The molecule has 0 saturated heterocycles. The molecule has 0 atom stereocenters. The van der Waals surface area contributed by atoms with Gasteiger partial charge in [0.1, 0.15) is 0 Å². The summed E-state index contributed by atoms with van der Waals surface area (Å²) in [5.41, 5.74) is 9.95. The third-order valence-electron chi connectivity index (χ3n) is 4.19. The summed E-state index contributed by atoms with van der Waals surface area (Å²) in [6, 6.07) is 12.3. The van der Waals surface area contributed by atoms with Crippen LogP contribution in [0.15, 0.2) is 42.5 Å². The summed E-state index contributed by atoms with van der Waals surface area (Å²) < 4.78 is 0. The Balaban J connectivity index is 2.03. The summed E-state index contributed by atoms with van der Waals surface area (Å²) >= 11 is 6.16. The van der Waals surface area contributed by atoms with Crippen LogP contribution in [0, 0.1) is 11.3 Å². The van der Waals surface area contributed by atoms with Gasteiger partial charge in [0, 0.05) is 28.4 Å². The van der Waals surface area contributed by atoms with Crippen LogP contribution >= 0.6 is 11.6 Å². The molecule has 1 heterocycles. The van der Waals surface area contributed by atoms with Gasteiger partial charge < -0.3 is 11.1 Å². The van der Waals surface area contributed by atoms with E-state index in [9.17, 15) is 4.79 Å². The number of hydrogen-bond acceptors (Lipinski definition) is 4. The van der Waals surface area contributed by atoms with E-state index in [2.05, 4.69) is 19.2 Å². The molecule has 25 heavy (non-hydrogen) atoms. The fraction of sp³-hybridized carbons (Fsp3) is 0.200. The van der Waals surface area contributed by atoms with Crippen LogP contribution in [-0.4, -0.2) is 11.3 Å². The number of ketones is 1. The zero-order valence-corrected chi connectivity index (χ0v) is 14.8. The van der Waals surface area contributed by atoms with Crippen molar-refractivity contribution in [3.63, 3.8) is 0 Å². The minimum Gasteiger partial charge on any atom is -0.398 e. The molecule has 2 aromatic rings. The van der Waals surface area contributed by atoms with Crippen LogP contribution in [0.1, 0.15) is 40.9 Å². The number of hydrogen-bond donors (Lipinski definition) is 2. The van der Waals surface area contributed by atoms with E-state index in [1.165, 1.54) is 0 Å². The SMILES string of the molecule is CC1(C)Cc2cc(Cl)c(N)cc2/C(=C/C(=O)c2ccc(C#N)cc2)N1. The Bertz CT molecular complexity index is 921. The Morgan fingerprint density at radius 3 is 2.64 bits per heavy atom. The highest BCUT2D eigenvalue weighted by Gasteiger charge is 2.28. The van der Waals surface area contributed by atoms with E-state index in [1.54, 1.807) is 36.4 Å². The largest absolute Gasteiger partial charge is 0.398 e. The lowest BCUT2D eigenvalue weighted by molar-refractivity contribution is 0.104. The summed E-state index contributed by atoms with van der Waals surface area (Å²) in [5.74, 6) is -0.135. The fourth-order valence-electron chi connectivity index (χ4n) is 3.02. The molecule has 5 heteroatoms. The molecule has 0 radical (unpaired) electrons. The number of nitriles is 1. The van der Waals surface area contributed by atoms with Crippen LogP contribution in [0.25, 0.3) is 5.70 Å². The van der Waals surface area contributed by atoms with Crippen molar-refractivity contribution in [3.05, 3.63) is 69.8 Å². The predicted octanol–water partition coefficient (Wildman–Crippen LogP) is 3.94. The number of nitrogens with one attached hydrogen (secondary N) is 1. The summed E-state index contributed by atoms with van der Waals surface area (Å²) in [6.07, 6.45) is 2.36. The monoisotopic (exact) mass is 351 g/mol. The van der Waals surface area contributed by atoms with Gasteiger partial charge in [0.25, 0.3) is 0 Å². The lowest BCUT2D eigenvalue weighted by Gasteiger charge is -2.36. The van der Waals surface area contributed by atoms with E-state index in [0.717, 1.165) is 23.2 Å². The fourth-order valence-corrected chi connectivity index (χ4v) is 3.20. The average molecular weight is 352 g/mol. The first-order valence-corrected chi connectivity index (χ1v) is 8.29. The minimum absolute atomic E-state index is 0.135. The van der Waals surface area contributed by atoms with Crippen molar-refractivity contribution in [1.29, 1.82) is 5.26 Å². The van der Waals surface area contributed by atoms with E-state index < -0.39 is 0 Å². The molecular formula is C20H18ClN3O. The van der Waals surface area contributed by atoms with Gasteiger partial charge in [-0.15, -0.1) is 0 Å². The smallest absolute Gasteiger partial charge is 0.187 e. The zero-order chi connectivity index (χ0) is 18.2. The van der Waals surface area contributed by atoms with Crippen LogP contribution < -0.4 is 11.1 Å². The van der Waals surface area contributed by atoms with Gasteiger partial charge in [-0.3, -0.25) is 4.79 Å². The molecule has 0 bridgehead atoms. The number of carbonyl (C=O) groups is 1. The number of nitrogen functional groups attached to an aromatic ring is 1. The van der Waals surface area contributed by atoms with Crippen LogP contribution in [-0.2, 0) is 6.42 Å². The van der Waals surface area contributed by atoms with Gasteiger partial charge in [0.2, 0.25) is 0 Å². The number of carbonyl (C=O) groups excluding carboxylic acids is 1. The maximum Gasteiger partial charge on any atom is 0.187 e. The maximum atomic E-state index is 12.6. The predicted molar refractivity (Wildman–Crippen MR) is 100 cm³/mol. The molecule has 0 spiro atoms. The average Bonchev–Trinajstić information content (AvgIpc) is 2.56. The number of benzene rings is 2. The lowest BCUT2D eigenvalue weighted by atomic mass is 9.85. The van der Waals surface area contributed by atoms with Gasteiger partial charge in [-0.1, -0.05) is 11.6 Å². The summed E-state index contributed by atoms with van der Waals surface area (Å²) in [5, 5.41) is 12.8. The first-order chi connectivity index (χ1) is 11.8. The minimum atomic E-state index is -0.205. The van der Waals surface area contributed by atoms with Gasteiger partial charge in [0.05, 0.1) is 22.3 Å². The highest BCUT2D eigenvalue weighted by molar-refractivity contribution is 6.33. The Morgan fingerprint density at radius 1 is 1.32 bits per heavy atom. The third kappa shape index (κ3) is 3.52. The first-order valence-electron chi connectivity index (χ1n) is 7.92. The Hall–Kier alpha value is -2.77. The van der Waals surface area contributed by atoms with E-state index in [-0.39, 0.29) is 11.3 Å². The molecular weight excluding hydrogens is 334 g/mol. The molecule has 1 aliphatic heterocycles. The lowest BCUT2D eigenvalue weighted by Crippen LogP contribution is -2.43. The standard InChI is InChI=1S/C20H18ClN3O/c1-20(2)10-14-7-16(21)17(23)8-15(14)18(24-20)9-19(25)13-5-3-12(11-22)4-6-13/h3-9,24H,10,23H2,1-2H3/b18-9-. The summed E-state index contributed by atoms with van der Waals surface area (Å²) in [6.45, 7) is 4.14. The topological polar surface area (TPSA) is 78.9 Å². The van der Waals surface area contributed by atoms with E-state index in [4.69, 9.17) is 22.6 Å². The van der Waals surface area contributed by atoms with Crippen molar-refractivity contribution in [1.82, 2.24) is 5.32 Å². The molecule has 4 nitrogen and oxygen atoms in total. The molecule has 0 unspecified atom stereocenters. The first kappa shape index (κ1) is 17.1. The summed E-state index contributed by atoms with van der Waals surface area (Å²) in [7, 11) is 0. The number of halogens is 1. The van der Waals surface area contributed by atoms with E-state index in [0.29, 0.717) is 21.8 Å². The van der Waals surface area contributed by atoms with Crippen molar-refractivity contribution in [3.8, 4) is 6.07 Å². The van der Waals surface area contributed by atoms with Gasteiger partial charge in [-0.25, -0.2) is 0 Å². The molecule has 126 valence electrons.